The summed E-state index contributed by atoms with van der Waals surface area (Å²) in [6, 6.07) is 8.28. The maximum atomic E-state index is 13.5. The summed E-state index contributed by atoms with van der Waals surface area (Å²) in [5, 5.41) is 4.04. The number of ether oxygens (including phenoxy) is 2. The molecule has 222 valence electrons. The second kappa shape index (κ2) is 11.2. The van der Waals surface area contributed by atoms with Gasteiger partial charge in [-0.15, -0.1) is 0 Å². The lowest BCUT2D eigenvalue weighted by Crippen LogP contribution is -2.37. The molecule has 42 heavy (non-hydrogen) atoms. The van der Waals surface area contributed by atoms with E-state index in [0.29, 0.717) is 35.9 Å². The number of carbonyl (C=O) groups excluding carboxylic acids is 2. The molecule has 1 aliphatic rings. The molecule has 1 aliphatic carbocycles. The van der Waals surface area contributed by atoms with E-state index in [9.17, 15) is 18.0 Å². The van der Waals surface area contributed by atoms with Crippen molar-refractivity contribution in [1.82, 2.24) is 13.9 Å². The van der Waals surface area contributed by atoms with E-state index in [-0.39, 0.29) is 46.7 Å². The number of benzene rings is 1. The number of rotatable bonds is 9. The van der Waals surface area contributed by atoms with Crippen LogP contribution in [-0.4, -0.2) is 52.5 Å². The molecule has 12 heteroatoms. The van der Waals surface area contributed by atoms with Crippen LogP contribution in [0.25, 0.3) is 22.5 Å². The topological polar surface area (TPSA) is 143 Å². The Balaban J connectivity index is 1.48. The number of esters is 2. The highest BCUT2D eigenvalue weighted by molar-refractivity contribution is 7.90. The second-order valence-electron chi connectivity index (χ2n) is 11.4. The van der Waals surface area contributed by atoms with Gasteiger partial charge in [-0.25, -0.2) is 27.2 Å². The summed E-state index contributed by atoms with van der Waals surface area (Å²) in [7, 11) is -3.93. The lowest BCUT2D eigenvalue weighted by molar-refractivity contribution is -0.156. The van der Waals surface area contributed by atoms with Crippen LogP contribution >= 0.6 is 0 Å². The fourth-order valence-electron chi connectivity index (χ4n) is 4.94. The number of carbonyl (C=O) groups is 2. The van der Waals surface area contributed by atoms with Crippen molar-refractivity contribution in [3.8, 4) is 11.5 Å². The molecule has 1 saturated carbocycles. The van der Waals surface area contributed by atoms with Crippen LogP contribution in [-0.2, 0) is 24.3 Å². The summed E-state index contributed by atoms with van der Waals surface area (Å²) < 4.78 is 44.4. The molecular weight excluding hydrogens is 560 g/mol. The summed E-state index contributed by atoms with van der Waals surface area (Å²) in [6.07, 6.45) is 5.91. The summed E-state index contributed by atoms with van der Waals surface area (Å²) in [5.41, 5.74) is 1.66. The third-order valence-corrected chi connectivity index (χ3v) is 8.62. The zero-order valence-electron chi connectivity index (χ0n) is 24.2. The van der Waals surface area contributed by atoms with Crippen molar-refractivity contribution in [2.75, 3.05) is 11.9 Å². The molecule has 0 aliphatic heterocycles. The maximum Gasteiger partial charge on any atom is 0.360 e. The van der Waals surface area contributed by atoms with Crippen LogP contribution in [0, 0.1) is 12.8 Å². The van der Waals surface area contributed by atoms with Crippen molar-refractivity contribution in [2.45, 2.75) is 70.4 Å². The summed E-state index contributed by atoms with van der Waals surface area (Å²) in [5.74, 6) is -0.562. The molecule has 0 unspecified atom stereocenters. The van der Waals surface area contributed by atoms with Crippen LogP contribution < -0.4 is 5.32 Å². The summed E-state index contributed by atoms with van der Waals surface area (Å²) in [6.45, 7) is 9.30. The lowest BCUT2D eigenvalue weighted by atomic mass is 9.78. The first kappa shape index (κ1) is 29.3. The predicted octanol–water partition coefficient (Wildman–Crippen LogP) is 5.34. The quantitative estimate of drug-likeness (QED) is 0.252. The van der Waals surface area contributed by atoms with Crippen molar-refractivity contribution in [2.24, 2.45) is 5.92 Å². The second-order valence-corrected chi connectivity index (χ2v) is 13.3. The van der Waals surface area contributed by atoms with Gasteiger partial charge in [0.05, 0.1) is 22.8 Å². The van der Waals surface area contributed by atoms with Gasteiger partial charge in [0.15, 0.2) is 11.3 Å². The largest absolute Gasteiger partial charge is 0.461 e. The number of oxazole rings is 1. The number of hydrogen-bond donors (Lipinski definition) is 1. The van der Waals surface area contributed by atoms with Crippen LogP contribution in [0.4, 0.5) is 5.69 Å². The van der Waals surface area contributed by atoms with Gasteiger partial charge in [-0.3, -0.25) is 4.79 Å². The Morgan fingerprint density at radius 2 is 1.86 bits per heavy atom. The van der Waals surface area contributed by atoms with Gasteiger partial charge in [0.2, 0.25) is 5.89 Å². The highest BCUT2D eigenvalue weighted by atomic mass is 32.2. The highest BCUT2D eigenvalue weighted by Crippen LogP contribution is 2.40. The fraction of sp³-hybridized carbons (Fsp3) is 0.400. The molecule has 0 atom stereocenters. The van der Waals surface area contributed by atoms with Crippen molar-refractivity contribution in [3.63, 3.8) is 0 Å². The van der Waals surface area contributed by atoms with Crippen LogP contribution in [0.5, 0.6) is 0 Å². The van der Waals surface area contributed by atoms with E-state index in [1.165, 1.54) is 18.7 Å². The minimum Gasteiger partial charge on any atom is -0.461 e. The van der Waals surface area contributed by atoms with Crippen LogP contribution in [0.15, 0.2) is 58.3 Å². The Morgan fingerprint density at radius 1 is 1.14 bits per heavy atom. The molecule has 1 N–H and O–H groups in total. The highest BCUT2D eigenvalue weighted by Gasteiger charge is 2.34. The first-order chi connectivity index (χ1) is 19.9. The zero-order valence-corrected chi connectivity index (χ0v) is 25.0. The van der Waals surface area contributed by atoms with E-state index < -0.39 is 21.6 Å². The SMILES string of the molecule is CCOC(=O)c1coc(-c2cnc3c(ccn3S(=O)(=O)c3ccc(C)cc3)c2NC2CC(CC(=O)OC(C)(C)C)C2)n1. The Bertz CT molecular complexity index is 1730. The molecule has 0 radical (unpaired) electrons. The third kappa shape index (κ3) is 6.03. The molecule has 4 aromatic rings. The number of fused-ring (bicyclic) bond motifs is 1. The number of aryl methyl sites for hydroxylation is 1. The molecule has 0 saturated heterocycles. The predicted molar refractivity (Wildman–Crippen MR) is 156 cm³/mol. The molecule has 0 amide bonds. The first-order valence-corrected chi connectivity index (χ1v) is 15.2. The van der Waals surface area contributed by atoms with E-state index in [1.807, 2.05) is 27.7 Å². The molecule has 1 fully saturated rings. The van der Waals surface area contributed by atoms with Crippen molar-refractivity contribution in [3.05, 3.63) is 60.2 Å². The average molecular weight is 595 g/mol. The molecule has 1 aromatic carbocycles. The first-order valence-electron chi connectivity index (χ1n) is 13.8. The van der Waals surface area contributed by atoms with Gasteiger partial charge in [0, 0.05) is 30.2 Å². The normalized spacial score (nSPS) is 17.1. The van der Waals surface area contributed by atoms with Crippen molar-refractivity contribution < 1.29 is 31.9 Å². The number of anilines is 1. The van der Waals surface area contributed by atoms with Gasteiger partial charge in [-0.2, -0.15) is 0 Å². The Hall–Kier alpha value is -4.19. The van der Waals surface area contributed by atoms with Gasteiger partial charge in [-0.1, -0.05) is 17.7 Å². The monoisotopic (exact) mass is 594 g/mol. The lowest BCUT2D eigenvalue weighted by Gasteiger charge is -2.37. The number of nitrogens with zero attached hydrogens (tertiary/aromatic N) is 3. The van der Waals surface area contributed by atoms with Gasteiger partial charge >= 0.3 is 11.9 Å². The summed E-state index contributed by atoms with van der Waals surface area (Å²) in [4.78, 5) is 33.5. The molecule has 11 nitrogen and oxygen atoms in total. The van der Waals surface area contributed by atoms with E-state index in [1.54, 1.807) is 37.3 Å². The van der Waals surface area contributed by atoms with Crippen molar-refractivity contribution >= 4 is 38.7 Å². The molecule has 5 rings (SSSR count). The number of aromatic nitrogens is 3. The van der Waals surface area contributed by atoms with Crippen molar-refractivity contribution in [1.29, 1.82) is 0 Å². The van der Waals surface area contributed by atoms with Gasteiger partial charge < -0.3 is 19.2 Å². The van der Waals surface area contributed by atoms with E-state index >= 15 is 0 Å². The molecule has 0 spiro atoms. The Morgan fingerprint density at radius 3 is 2.52 bits per heavy atom. The fourth-order valence-corrected chi connectivity index (χ4v) is 6.24. The Kier molecular flexibility index (Phi) is 7.84. The number of hydrogen-bond acceptors (Lipinski definition) is 10. The molecule has 3 heterocycles. The molecule has 3 aromatic heterocycles. The number of nitrogens with one attached hydrogen (secondary N) is 1. The Labute approximate surface area is 244 Å². The number of pyridine rings is 1. The van der Waals surface area contributed by atoms with Gasteiger partial charge in [0.25, 0.3) is 10.0 Å². The van der Waals surface area contributed by atoms with Crippen LogP contribution in [0.1, 0.15) is 63.0 Å². The standard InChI is InChI=1S/C30H34N4O7S/c1-6-39-29(36)24-17-40-28(33-24)23-16-31-27-22(11-12-34(27)42(37,38)21-9-7-18(2)8-10-21)26(23)32-20-13-19(14-20)15-25(35)41-30(3,4)5/h7-12,16-17,19-20H,6,13-15H2,1-5H3,(H,31,32). The van der Waals surface area contributed by atoms with Crippen LogP contribution in [0.2, 0.25) is 0 Å². The maximum absolute atomic E-state index is 13.5. The minimum atomic E-state index is -3.93. The van der Waals surface area contributed by atoms with E-state index in [4.69, 9.17) is 13.9 Å². The van der Waals surface area contributed by atoms with Gasteiger partial charge in [0.1, 0.15) is 11.9 Å². The smallest absolute Gasteiger partial charge is 0.360 e. The average Bonchev–Trinajstić information content (AvgIpc) is 3.55. The van der Waals surface area contributed by atoms with E-state index in [0.717, 1.165) is 9.54 Å². The third-order valence-electron chi connectivity index (χ3n) is 6.94. The zero-order chi connectivity index (χ0) is 30.2. The van der Waals surface area contributed by atoms with Gasteiger partial charge in [-0.05, 0) is 71.6 Å². The summed E-state index contributed by atoms with van der Waals surface area (Å²) >= 11 is 0. The minimum absolute atomic E-state index is 0.00154. The van der Waals surface area contributed by atoms with Crippen LogP contribution in [0.3, 0.4) is 0 Å². The molecule has 0 bridgehead atoms. The van der Waals surface area contributed by atoms with E-state index in [2.05, 4.69) is 15.3 Å². The molecular formula is C30H34N4O7S.